The third-order valence-electron chi connectivity index (χ3n) is 2.64. The minimum atomic E-state index is -3.79. The minimum absolute atomic E-state index is 0.0597. The second-order valence-electron chi connectivity index (χ2n) is 4.34. The lowest BCUT2D eigenvalue weighted by Gasteiger charge is -2.15. The van der Waals surface area contributed by atoms with Crippen LogP contribution in [0.1, 0.15) is 12.8 Å². The number of amides is 1. The number of hydrogen-bond donors (Lipinski definition) is 4. The molecule has 0 unspecified atom stereocenters. The SMILES string of the molecule is NC(=O)[C@@H](CCCN=C(N)N)NS(=O)(=O)c1ccccc1. The van der Waals surface area contributed by atoms with Gasteiger partial charge in [-0.05, 0) is 25.0 Å². The predicted octanol–water partition coefficient (Wildman–Crippen LogP) is -1.13. The molecule has 0 aliphatic carbocycles. The molecule has 0 aromatic heterocycles. The van der Waals surface area contributed by atoms with Crippen LogP contribution in [0.25, 0.3) is 0 Å². The summed E-state index contributed by atoms with van der Waals surface area (Å²) < 4.78 is 26.5. The van der Waals surface area contributed by atoms with E-state index in [1.54, 1.807) is 18.2 Å². The third kappa shape index (κ3) is 5.79. The normalized spacial score (nSPS) is 12.6. The lowest BCUT2D eigenvalue weighted by Crippen LogP contribution is -2.44. The fourth-order valence-corrected chi connectivity index (χ4v) is 2.88. The molecule has 0 bridgehead atoms. The molecule has 116 valence electrons. The lowest BCUT2D eigenvalue weighted by atomic mass is 10.1. The summed E-state index contributed by atoms with van der Waals surface area (Å²) in [6.07, 6.45) is 0.626. The first-order valence-corrected chi connectivity index (χ1v) is 7.73. The Labute approximate surface area is 123 Å². The van der Waals surface area contributed by atoms with E-state index in [0.29, 0.717) is 13.0 Å². The first kappa shape index (κ1) is 16.9. The molecule has 0 aliphatic heterocycles. The number of nitrogens with two attached hydrogens (primary N) is 3. The van der Waals surface area contributed by atoms with Gasteiger partial charge in [0.2, 0.25) is 15.9 Å². The molecule has 1 rings (SSSR count). The number of carbonyl (C=O) groups excluding carboxylic acids is 1. The van der Waals surface area contributed by atoms with Crippen molar-refractivity contribution in [2.24, 2.45) is 22.2 Å². The Morgan fingerprint density at radius 3 is 2.33 bits per heavy atom. The Kier molecular flexibility index (Phi) is 6.12. The molecule has 0 aliphatic rings. The molecule has 7 N–H and O–H groups in total. The zero-order valence-corrected chi connectivity index (χ0v) is 12.2. The Hall–Kier alpha value is -2.13. The van der Waals surface area contributed by atoms with Crippen molar-refractivity contribution in [3.8, 4) is 0 Å². The average Bonchev–Trinajstić information content (AvgIpc) is 2.42. The topological polar surface area (TPSA) is 154 Å². The quantitative estimate of drug-likeness (QED) is 0.272. The Bertz CT molecular complexity index is 597. The summed E-state index contributed by atoms with van der Waals surface area (Å²) in [5, 5.41) is 0. The van der Waals surface area contributed by atoms with Gasteiger partial charge in [-0.3, -0.25) is 9.79 Å². The smallest absolute Gasteiger partial charge is 0.241 e. The van der Waals surface area contributed by atoms with E-state index < -0.39 is 22.0 Å². The van der Waals surface area contributed by atoms with Crippen molar-refractivity contribution in [1.29, 1.82) is 0 Å². The van der Waals surface area contributed by atoms with E-state index in [4.69, 9.17) is 17.2 Å². The maximum atomic E-state index is 12.1. The van der Waals surface area contributed by atoms with Crippen molar-refractivity contribution in [2.75, 3.05) is 6.54 Å². The number of hydrogen-bond acceptors (Lipinski definition) is 4. The van der Waals surface area contributed by atoms with Gasteiger partial charge in [0.1, 0.15) is 6.04 Å². The maximum Gasteiger partial charge on any atom is 0.241 e. The molecule has 1 amide bonds. The number of primary amides is 1. The van der Waals surface area contributed by atoms with Crippen molar-refractivity contribution in [2.45, 2.75) is 23.8 Å². The van der Waals surface area contributed by atoms with Crippen molar-refractivity contribution in [3.05, 3.63) is 30.3 Å². The van der Waals surface area contributed by atoms with E-state index in [9.17, 15) is 13.2 Å². The van der Waals surface area contributed by atoms with Crippen LogP contribution in [0.5, 0.6) is 0 Å². The highest BCUT2D eigenvalue weighted by molar-refractivity contribution is 7.89. The van der Waals surface area contributed by atoms with Crippen LogP contribution in [0.2, 0.25) is 0 Å². The molecule has 0 heterocycles. The van der Waals surface area contributed by atoms with Gasteiger partial charge in [0.25, 0.3) is 0 Å². The second-order valence-corrected chi connectivity index (χ2v) is 6.05. The Morgan fingerprint density at radius 1 is 1.19 bits per heavy atom. The molecule has 0 fully saturated rings. The van der Waals surface area contributed by atoms with Crippen LogP contribution >= 0.6 is 0 Å². The van der Waals surface area contributed by atoms with Crippen molar-refractivity contribution in [3.63, 3.8) is 0 Å². The van der Waals surface area contributed by atoms with E-state index >= 15 is 0 Å². The summed E-state index contributed by atoms with van der Waals surface area (Å²) in [5.41, 5.74) is 15.6. The number of aliphatic imine (C=N–C) groups is 1. The summed E-state index contributed by atoms with van der Waals surface area (Å²) in [7, 11) is -3.79. The molecular weight excluding hydrogens is 294 g/mol. The molecule has 1 aromatic rings. The molecule has 0 saturated carbocycles. The number of guanidine groups is 1. The average molecular weight is 313 g/mol. The minimum Gasteiger partial charge on any atom is -0.370 e. The monoisotopic (exact) mass is 313 g/mol. The van der Waals surface area contributed by atoms with Gasteiger partial charge in [-0.1, -0.05) is 18.2 Å². The van der Waals surface area contributed by atoms with Crippen molar-refractivity contribution < 1.29 is 13.2 Å². The first-order chi connectivity index (χ1) is 9.83. The number of nitrogens with one attached hydrogen (secondary N) is 1. The highest BCUT2D eigenvalue weighted by atomic mass is 32.2. The van der Waals surface area contributed by atoms with E-state index in [0.717, 1.165) is 0 Å². The van der Waals surface area contributed by atoms with E-state index in [2.05, 4.69) is 9.71 Å². The summed E-state index contributed by atoms with van der Waals surface area (Å²) in [6.45, 7) is 0.291. The van der Waals surface area contributed by atoms with E-state index in [1.807, 2.05) is 0 Å². The first-order valence-electron chi connectivity index (χ1n) is 6.25. The number of benzene rings is 1. The summed E-state index contributed by atoms with van der Waals surface area (Å²) >= 11 is 0. The highest BCUT2D eigenvalue weighted by Gasteiger charge is 2.23. The number of sulfonamides is 1. The molecule has 8 nitrogen and oxygen atoms in total. The summed E-state index contributed by atoms with van der Waals surface area (Å²) in [4.78, 5) is 15.2. The Morgan fingerprint density at radius 2 is 1.81 bits per heavy atom. The van der Waals surface area contributed by atoms with E-state index in [1.165, 1.54) is 12.1 Å². The number of carbonyl (C=O) groups is 1. The van der Waals surface area contributed by atoms with Crippen LogP contribution < -0.4 is 21.9 Å². The van der Waals surface area contributed by atoms with Gasteiger partial charge in [-0.15, -0.1) is 0 Å². The molecule has 9 heteroatoms. The van der Waals surface area contributed by atoms with Gasteiger partial charge >= 0.3 is 0 Å². The Balaban J connectivity index is 2.70. The van der Waals surface area contributed by atoms with Gasteiger partial charge in [-0.2, -0.15) is 4.72 Å². The summed E-state index contributed by atoms with van der Waals surface area (Å²) in [6, 6.07) is 6.72. The van der Waals surface area contributed by atoms with Gasteiger partial charge in [0.05, 0.1) is 4.90 Å². The van der Waals surface area contributed by atoms with E-state index in [-0.39, 0.29) is 17.3 Å². The molecular formula is C12H19N5O3S. The standard InChI is InChI=1S/C12H19N5O3S/c13-11(18)10(7-4-8-16-12(14)15)17-21(19,20)9-5-2-1-3-6-9/h1-3,5-6,10,17H,4,7-8H2,(H2,13,18)(H4,14,15,16)/t10-/m1/s1. The van der Waals surface area contributed by atoms with Crippen LogP contribution in [0.15, 0.2) is 40.2 Å². The van der Waals surface area contributed by atoms with Crippen LogP contribution in [0.3, 0.4) is 0 Å². The second kappa shape index (κ2) is 7.60. The molecule has 21 heavy (non-hydrogen) atoms. The molecule has 0 spiro atoms. The van der Waals surface area contributed by atoms with Crippen molar-refractivity contribution in [1.82, 2.24) is 4.72 Å². The zero-order chi connectivity index (χ0) is 15.9. The van der Waals surface area contributed by atoms with Crippen LogP contribution in [-0.2, 0) is 14.8 Å². The number of nitrogens with zero attached hydrogens (tertiary/aromatic N) is 1. The maximum absolute atomic E-state index is 12.1. The highest BCUT2D eigenvalue weighted by Crippen LogP contribution is 2.09. The van der Waals surface area contributed by atoms with Crippen molar-refractivity contribution >= 4 is 21.9 Å². The largest absolute Gasteiger partial charge is 0.370 e. The van der Waals surface area contributed by atoms with Gasteiger partial charge in [0.15, 0.2) is 5.96 Å². The molecule has 0 saturated heterocycles. The van der Waals surface area contributed by atoms with Gasteiger partial charge in [-0.25, -0.2) is 8.42 Å². The fourth-order valence-electron chi connectivity index (χ4n) is 1.62. The molecule has 0 radical (unpaired) electrons. The predicted molar refractivity (Wildman–Crippen MR) is 79.7 cm³/mol. The van der Waals surface area contributed by atoms with Gasteiger partial charge in [0, 0.05) is 6.54 Å². The number of rotatable bonds is 8. The lowest BCUT2D eigenvalue weighted by molar-refractivity contribution is -0.119. The third-order valence-corrected chi connectivity index (χ3v) is 4.13. The molecule has 1 aromatic carbocycles. The van der Waals surface area contributed by atoms with Crippen LogP contribution in [0.4, 0.5) is 0 Å². The molecule has 1 atom stereocenters. The fraction of sp³-hybridized carbons (Fsp3) is 0.333. The summed E-state index contributed by atoms with van der Waals surface area (Å²) in [5.74, 6) is -0.810. The van der Waals surface area contributed by atoms with Crippen LogP contribution in [0, 0.1) is 0 Å². The zero-order valence-electron chi connectivity index (χ0n) is 11.4. The van der Waals surface area contributed by atoms with Crippen LogP contribution in [-0.4, -0.2) is 32.9 Å². The van der Waals surface area contributed by atoms with Gasteiger partial charge < -0.3 is 17.2 Å².